The van der Waals surface area contributed by atoms with Gasteiger partial charge in [-0.2, -0.15) is 0 Å². The van der Waals surface area contributed by atoms with Crippen molar-refractivity contribution in [2.45, 2.75) is 33.6 Å². The summed E-state index contributed by atoms with van der Waals surface area (Å²) in [6.07, 6.45) is 1.75. The van der Waals surface area contributed by atoms with E-state index in [2.05, 4.69) is 43.2 Å². The molecule has 3 heteroatoms. The molecule has 106 valence electrons. The van der Waals surface area contributed by atoms with Crippen LogP contribution in [0.15, 0.2) is 36.5 Å². The Balaban J connectivity index is 2.17. The fraction of sp³-hybridized carbons (Fsp3) is 0.353. The summed E-state index contributed by atoms with van der Waals surface area (Å²) < 4.78 is 5.90. The molecule has 20 heavy (non-hydrogen) atoms. The van der Waals surface area contributed by atoms with Gasteiger partial charge in [-0.25, -0.2) is 4.98 Å². The lowest BCUT2D eigenvalue weighted by Gasteiger charge is -2.12. The highest BCUT2D eigenvalue weighted by molar-refractivity contribution is 5.43. The Hall–Kier alpha value is -2.03. The minimum absolute atomic E-state index is 0.533. The summed E-state index contributed by atoms with van der Waals surface area (Å²) in [6, 6.07) is 10.0. The predicted molar refractivity (Wildman–Crippen MR) is 83.7 cm³/mol. The van der Waals surface area contributed by atoms with Gasteiger partial charge in [0.15, 0.2) is 0 Å². The van der Waals surface area contributed by atoms with E-state index in [4.69, 9.17) is 4.74 Å². The fourth-order valence-corrected chi connectivity index (χ4v) is 2.25. The van der Waals surface area contributed by atoms with Crippen molar-refractivity contribution in [3.05, 3.63) is 47.7 Å². The van der Waals surface area contributed by atoms with Gasteiger partial charge in [-0.15, -0.1) is 0 Å². The van der Waals surface area contributed by atoms with Gasteiger partial charge in [-0.1, -0.05) is 19.9 Å². The zero-order chi connectivity index (χ0) is 14.5. The van der Waals surface area contributed by atoms with Crippen LogP contribution in [0.4, 0.5) is 5.82 Å². The number of hydrogen-bond donors (Lipinski definition) is 1. The first kappa shape index (κ1) is 14.4. The van der Waals surface area contributed by atoms with Gasteiger partial charge in [0.05, 0.1) is 0 Å². The molecule has 0 radical (unpaired) electrons. The molecule has 0 bridgehead atoms. The molecule has 0 aliphatic heterocycles. The van der Waals surface area contributed by atoms with Crippen molar-refractivity contribution in [2.75, 3.05) is 11.9 Å². The van der Waals surface area contributed by atoms with Crippen LogP contribution < -0.4 is 10.1 Å². The number of hydrogen-bond acceptors (Lipinski definition) is 3. The van der Waals surface area contributed by atoms with E-state index >= 15 is 0 Å². The van der Waals surface area contributed by atoms with Crippen LogP contribution in [0.1, 0.15) is 37.8 Å². The number of aryl methyl sites for hydroxylation is 1. The Labute approximate surface area is 121 Å². The van der Waals surface area contributed by atoms with E-state index in [-0.39, 0.29) is 0 Å². The van der Waals surface area contributed by atoms with Crippen molar-refractivity contribution in [3.63, 3.8) is 0 Å². The monoisotopic (exact) mass is 270 g/mol. The second-order valence-electron chi connectivity index (χ2n) is 5.18. The summed E-state index contributed by atoms with van der Waals surface area (Å²) in [5.74, 6) is 3.03. The molecule has 0 aliphatic carbocycles. The molecule has 0 unspecified atom stereocenters. The van der Waals surface area contributed by atoms with Gasteiger partial charge in [-0.05, 0) is 49.1 Å². The topological polar surface area (TPSA) is 34.1 Å². The lowest BCUT2D eigenvalue weighted by atomic mass is 9.98. The maximum absolute atomic E-state index is 5.90. The molecule has 2 aromatic rings. The summed E-state index contributed by atoms with van der Waals surface area (Å²) >= 11 is 0. The zero-order valence-electron chi connectivity index (χ0n) is 12.6. The number of ether oxygens (including phenoxy) is 1. The van der Waals surface area contributed by atoms with Crippen molar-refractivity contribution in [3.8, 4) is 11.5 Å². The van der Waals surface area contributed by atoms with Crippen LogP contribution in [0.2, 0.25) is 0 Å². The molecule has 0 saturated heterocycles. The number of benzene rings is 1. The van der Waals surface area contributed by atoms with Gasteiger partial charge in [0.25, 0.3) is 0 Å². The average molecular weight is 270 g/mol. The van der Waals surface area contributed by atoms with Gasteiger partial charge in [0.1, 0.15) is 17.3 Å². The largest absolute Gasteiger partial charge is 0.457 e. The molecule has 1 aromatic heterocycles. The normalized spacial score (nSPS) is 10.7. The molecule has 0 aliphatic rings. The highest BCUT2D eigenvalue weighted by Crippen LogP contribution is 2.27. The van der Waals surface area contributed by atoms with Crippen molar-refractivity contribution >= 4 is 5.82 Å². The number of nitrogens with one attached hydrogen (secondary N) is 1. The summed E-state index contributed by atoms with van der Waals surface area (Å²) in [6.45, 7) is 9.42. The third-order valence-corrected chi connectivity index (χ3v) is 3.19. The van der Waals surface area contributed by atoms with Crippen LogP contribution >= 0.6 is 0 Å². The number of nitrogens with zero attached hydrogens (tertiary/aromatic N) is 1. The van der Waals surface area contributed by atoms with Crippen molar-refractivity contribution in [1.82, 2.24) is 4.98 Å². The first-order valence-corrected chi connectivity index (χ1v) is 7.08. The van der Waals surface area contributed by atoms with E-state index in [0.717, 1.165) is 23.9 Å². The summed E-state index contributed by atoms with van der Waals surface area (Å²) in [5, 5.41) is 3.18. The van der Waals surface area contributed by atoms with Gasteiger partial charge in [0, 0.05) is 18.8 Å². The summed E-state index contributed by atoms with van der Waals surface area (Å²) in [5.41, 5.74) is 2.62. The SMILES string of the molecule is CCNc1cc(Oc2ccc(C(C)C)c(C)c2)ccn1. The standard InChI is InChI=1S/C17H22N2O/c1-5-18-17-11-15(8-9-19-17)20-14-6-7-16(12(2)3)13(4)10-14/h6-12H,5H2,1-4H3,(H,18,19). The quantitative estimate of drug-likeness (QED) is 0.852. The van der Waals surface area contributed by atoms with E-state index in [0.29, 0.717) is 5.92 Å². The Kier molecular flexibility index (Phi) is 4.61. The highest BCUT2D eigenvalue weighted by atomic mass is 16.5. The molecule has 0 amide bonds. The van der Waals surface area contributed by atoms with Crippen molar-refractivity contribution in [1.29, 1.82) is 0 Å². The highest BCUT2D eigenvalue weighted by Gasteiger charge is 2.06. The van der Waals surface area contributed by atoms with Crippen LogP contribution in [0.25, 0.3) is 0 Å². The fourth-order valence-electron chi connectivity index (χ4n) is 2.25. The smallest absolute Gasteiger partial charge is 0.132 e. The van der Waals surface area contributed by atoms with E-state index in [1.165, 1.54) is 11.1 Å². The first-order chi connectivity index (χ1) is 9.60. The first-order valence-electron chi connectivity index (χ1n) is 7.08. The molecule has 1 N–H and O–H groups in total. The molecule has 0 spiro atoms. The predicted octanol–water partition coefficient (Wildman–Crippen LogP) is 4.74. The Bertz CT molecular complexity index is 579. The number of anilines is 1. The molecule has 1 aromatic carbocycles. The molecule has 3 nitrogen and oxygen atoms in total. The molecular weight excluding hydrogens is 248 g/mol. The number of pyridine rings is 1. The van der Waals surface area contributed by atoms with E-state index in [9.17, 15) is 0 Å². The average Bonchev–Trinajstić information content (AvgIpc) is 2.39. The maximum atomic E-state index is 5.90. The maximum Gasteiger partial charge on any atom is 0.132 e. The van der Waals surface area contributed by atoms with Gasteiger partial charge in [-0.3, -0.25) is 0 Å². The van der Waals surface area contributed by atoms with E-state index in [1.54, 1.807) is 6.20 Å². The Morgan fingerprint density at radius 2 is 1.90 bits per heavy atom. The van der Waals surface area contributed by atoms with Crippen LogP contribution in [0.3, 0.4) is 0 Å². The summed E-state index contributed by atoms with van der Waals surface area (Å²) in [7, 11) is 0. The molecule has 0 saturated carbocycles. The van der Waals surface area contributed by atoms with Crippen molar-refractivity contribution < 1.29 is 4.74 Å². The second-order valence-corrected chi connectivity index (χ2v) is 5.18. The van der Waals surface area contributed by atoms with Gasteiger partial charge >= 0.3 is 0 Å². The van der Waals surface area contributed by atoms with Crippen molar-refractivity contribution in [2.24, 2.45) is 0 Å². The molecular formula is C17H22N2O. The van der Waals surface area contributed by atoms with Crippen LogP contribution in [-0.2, 0) is 0 Å². The third kappa shape index (κ3) is 3.50. The molecule has 0 fully saturated rings. The minimum atomic E-state index is 0.533. The second kappa shape index (κ2) is 6.42. The Morgan fingerprint density at radius 3 is 2.55 bits per heavy atom. The Morgan fingerprint density at radius 1 is 1.15 bits per heavy atom. The van der Waals surface area contributed by atoms with E-state index in [1.807, 2.05) is 25.1 Å². The number of rotatable bonds is 5. The van der Waals surface area contributed by atoms with Crippen LogP contribution in [0.5, 0.6) is 11.5 Å². The van der Waals surface area contributed by atoms with Gasteiger partial charge in [0.2, 0.25) is 0 Å². The molecule has 0 atom stereocenters. The lowest BCUT2D eigenvalue weighted by Crippen LogP contribution is -1.99. The lowest BCUT2D eigenvalue weighted by molar-refractivity contribution is 0.481. The third-order valence-electron chi connectivity index (χ3n) is 3.19. The number of aromatic nitrogens is 1. The zero-order valence-corrected chi connectivity index (χ0v) is 12.6. The van der Waals surface area contributed by atoms with Gasteiger partial charge < -0.3 is 10.1 Å². The van der Waals surface area contributed by atoms with Crippen LogP contribution in [0, 0.1) is 6.92 Å². The van der Waals surface area contributed by atoms with E-state index < -0.39 is 0 Å². The van der Waals surface area contributed by atoms with Crippen LogP contribution in [-0.4, -0.2) is 11.5 Å². The molecule has 2 rings (SSSR count). The minimum Gasteiger partial charge on any atom is -0.457 e. The molecule has 1 heterocycles. The summed E-state index contributed by atoms with van der Waals surface area (Å²) in [4.78, 5) is 4.23.